The third kappa shape index (κ3) is 7.92. The molecular weight excluding hydrogens is 682 g/mol. The summed E-state index contributed by atoms with van der Waals surface area (Å²) >= 11 is -2.42. The number of hydrogen-bond acceptors (Lipinski definition) is 8. The number of likely N-dealkylation sites (N-methyl/N-ethyl adjacent to an activating group) is 1. The van der Waals surface area contributed by atoms with Crippen LogP contribution in [0.15, 0.2) is 85.6 Å². The molecule has 3 aromatic heterocycles. The number of pyridine rings is 1. The van der Waals surface area contributed by atoms with Crippen LogP contribution in [0.25, 0.3) is 0 Å². The Hall–Kier alpha value is -4.58. The first kappa shape index (κ1) is 33.3. The smallest absolute Gasteiger partial charge is 0.0110 e. The molecule has 0 radical (unpaired) electrons. The molecule has 3 N–H and O–H groups in total. The number of anilines is 3. The van der Waals surface area contributed by atoms with Gasteiger partial charge in [0.25, 0.3) is 0 Å². The molecule has 1 unspecified atom stereocenters. The van der Waals surface area contributed by atoms with Gasteiger partial charge in [-0.3, -0.25) is 0 Å². The van der Waals surface area contributed by atoms with Crippen molar-refractivity contribution in [3.8, 4) is 0 Å². The van der Waals surface area contributed by atoms with Crippen LogP contribution in [0.3, 0.4) is 0 Å². The van der Waals surface area contributed by atoms with Crippen molar-refractivity contribution in [1.29, 1.82) is 0 Å². The number of aromatic amines is 1. The predicted molar refractivity (Wildman–Crippen MR) is 181 cm³/mol. The number of rotatable bonds is 10. The predicted octanol–water partition coefficient (Wildman–Crippen LogP) is 3.57. The standard InChI is InChI=1S/C34H35AsF3N9O/c1-3-46-14-16-47(17-15-46)21-25-9-8-24(18-27(25)34(36,37)38)32(48)44-26-10-7-23(2)28(19-26)35(33-40-12-13-41-33)29-20-31(43-22-42-29)45-30-6-4-5-11-39-30/h4-13,18-20,22H,3,14-17,21H2,1-2H3,(H,40,41)(H,44,48)(H,39,42,43,45). The molecule has 5 aromatic rings. The van der Waals surface area contributed by atoms with E-state index in [1.54, 1.807) is 24.7 Å². The van der Waals surface area contributed by atoms with Gasteiger partial charge in [0.05, 0.1) is 0 Å². The van der Waals surface area contributed by atoms with Gasteiger partial charge < -0.3 is 4.90 Å². The van der Waals surface area contributed by atoms with E-state index in [9.17, 15) is 18.0 Å². The molecule has 1 amide bonds. The second kappa shape index (κ2) is 14.7. The normalized spacial score (nSPS) is 14.9. The Bertz CT molecular complexity index is 1850. The van der Waals surface area contributed by atoms with E-state index in [1.807, 2.05) is 48.2 Å². The number of carbonyl (C=O) groups is 1. The van der Waals surface area contributed by atoms with E-state index >= 15 is 0 Å². The second-order valence-corrected chi connectivity index (χ2v) is 15.7. The first-order chi connectivity index (χ1) is 23.2. The topological polar surface area (TPSA) is 115 Å². The molecule has 0 bridgehead atoms. The number of imidazole rings is 1. The molecule has 0 saturated carbocycles. The van der Waals surface area contributed by atoms with Gasteiger partial charge in [0.2, 0.25) is 0 Å². The minimum atomic E-state index is -4.60. The molecular formula is C34H35AsF3N9O. The summed E-state index contributed by atoms with van der Waals surface area (Å²) in [4.78, 5) is 38.8. The van der Waals surface area contributed by atoms with Crippen LogP contribution in [0.1, 0.15) is 34.0 Å². The molecule has 0 spiro atoms. The number of nitrogens with one attached hydrogen (secondary N) is 3. The van der Waals surface area contributed by atoms with Crippen LogP contribution >= 0.6 is 0 Å². The van der Waals surface area contributed by atoms with Gasteiger partial charge in [0.1, 0.15) is 0 Å². The van der Waals surface area contributed by atoms with Crippen LogP contribution in [0.2, 0.25) is 0 Å². The van der Waals surface area contributed by atoms with E-state index in [0.29, 0.717) is 30.4 Å². The third-order valence-electron chi connectivity index (χ3n) is 8.19. The van der Waals surface area contributed by atoms with Gasteiger partial charge in [-0.15, -0.1) is 0 Å². The van der Waals surface area contributed by atoms with Crippen molar-refractivity contribution in [3.63, 3.8) is 0 Å². The maximum atomic E-state index is 14.2. The number of alkyl halides is 3. The monoisotopic (exact) mass is 717 g/mol. The minimum Gasteiger partial charge on any atom is 0.0110 e. The van der Waals surface area contributed by atoms with Crippen molar-refractivity contribution in [3.05, 3.63) is 108 Å². The Morgan fingerprint density at radius 2 is 1.73 bits per heavy atom. The fourth-order valence-electron chi connectivity index (χ4n) is 5.59. The van der Waals surface area contributed by atoms with Crippen LogP contribution in [0.4, 0.5) is 30.5 Å². The summed E-state index contributed by atoms with van der Waals surface area (Å²) in [6.07, 6.45) is 2.00. The zero-order chi connectivity index (χ0) is 33.7. The quantitative estimate of drug-likeness (QED) is 0.188. The summed E-state index contributed by atoms with van der Waals surface area (Å²) in [6, 6.07) is 16.7. The Balaban J connectivity index is 1.25. The van der Waals surface area contributed by atoms with Crippen LogP contribution < -0.4 is 24.1 Å². The number of aryl methyl sites for hydroxylation is 1. The molecule has 1 aliphatic rings. The molecule has 48 heavy (non-hydrogen) atoms. The van der Waals surface area contributed by atoms with E-state index in [-0.39, 0.29) is 17.7 Å². The summed E-state index contributed by atoms with van der Waals surface area (Å²) in [5, 5.41) is 6.03. The molecule has 6 rings (SSSR count). The van der Waals surface area contributed by atoms with Crippen LogP contribution in [-0.4, -0.2) is 88.0 Å². The number of nitrogens with zero attached hydrogens (tertiary/aromatic N) is 6. The molecule has 1 aliphatic heterocycles. The number of aromatic nitrogens is 5. The number of piperazine rings is 1. The van der Waals surface area contributed by atoms with E-state index in [1.165, 1.54) is 18.5 Å². The number of H-pyrrole nitrogens is 1. The number of hydrogen-bond donors (Lipinski definition) is 3. The van der Waals surface area contributed by atoms with Crippen molar-refractivity contribution in [2.24, 2.45) is 0 Å². The van der Waals surface area contributed by atoms with Crippen molar-refractivity contribution >= 4 is 51.3 Å². The summed E-state index contributed by atoms with van der Waals surface area (Å²) in [7, 11) is 0. The van der Waals surface area contributed by atoms with E-state index in [2.05, 4.69) is 47.4 Å². The van der Waals surface area contributed by atoms with Crippen molar-refractivity contribution in [1.82, 2.24) is 34.7 Å². The number of carbonyl (C=O) groups excluding carboxylic acids is 1. The molecule has 2 aromatic carbocycles. The average Bonchev–Trinajstić information content (AvgIpc) is 3.61. The first-order valence-corrected chi connectivity index (χ1v) is 18.4. The Morgan fingerprint density at radius 1 is 0.917 bits per heavy atom. The zero-order valence-electron chi connectivity index (χ0n) is 26.5. The molecule has 4 heterocycles. The van der Waals surface area contributed by atoms with Crippen molar-refractivity contribution < 1.29 is 18.0 Å². The number of halogens is 3. The molecule has 10 nitrogen and oxygen atoms in total. The summed E-state index contributed by atoms with van der Waals surface area (Å²) < 4.78 is 45.2. The van der Waals surface area contributed by atoms with Crippen LogP contribution in [0.5, 0.6) is 0 Å². The second-order valence-electron chi connectivity index (χ2n) is 11.4. The van der Waals surface area contributed by atoms with Crippen molar-refractivity contribution in [2.45, 2.75) is 26.6 Å². The van der Waals surface area contributed by atoms with E-state index in [0.717, 1.165) is 44.7 Å². The zero-order valence-corrected chi connectivity index (χ0v) is 28.4. The Morgan fingerprint density at radius 3 is 2.44 bits per heavy atom. The van der Waals surface area contributed by atoms with Crippen LogP contribution in [-0.2, 0) is 12.7 Å². The van der Waals surface area contributed by atoms with Crippen molar-refractivity contribution in [2.75, 3.05) is 43.4 Å². The van der Waals surface area contributed by atoms with Crippen LogP contribution in [0, 0.1) is 6.92 Å². The van der Waals surface area contributed by atoms with Gasteiger partial charge in [-0.25, -0.2) is 0 Å². The SMILES string of the molecule is CCN1CCN(Cc2ccc(C(=O)Nc3ccc(C)c([As](c4cc(Nc5ccccn5)ncn4)c4ncc[nH]4)c3)cc2C(F)(F)F)CC1. The first-order valence-electron chi connectivity index (χ1n) is 15.5. The van der Waals surface area contributed by atoms with Gasteiger partial charge in [-0.05, 0) is 6.54 Å². The third-order valence-corrected chi connectivity index (χ3v) is 13.1. The fourth-order valence-corrected chi connectivity index (χ4v) is 10.2. The van der Waals surface area contributed by atoms with Gasteiger partial charge in [-0.2, -0.15) is 0 Å². The molecule has 1 fully saturated rings. The molecule has 1 atom stereocenters. The van der Waals surface area contributed by atoms with Gasteiger partial charge in [0, 0.05) is 13.1 Å². The molecule has 0 aliphatic carbocycles. The maximum absolute atomic E-state index is 14.2. The Labute approximate surface area is 281 Å². The minimum absolute atomic E-state index is 0.0644. The molecule has 248 valence electrons. The number of amides is 1. The van der Waals surface area contributed by atoms with Gasteiger partial charge in [0.15, 0.2) is 0 Å². The van der Waals surface area contributed by atoms with E-state index < -0.39 is 32.3 Å². The number of benzene rings is 2. The summed E-state index contributed by atoms with van der Waals surface area (Å²) in [5.74, 6) is 0.579. The summed E-state index contributed by atoms with van der Waals surface area (Å²) in [6.45, 7) is 8.18. The summed E-state index contributed by atoms with van der Waals surface area (Å²) in [5.41, 5.74) is 0.730. The van der Waals surface area contributed by atoms with E-state index in [4.69, 9.17) is 0 Å². The molecule has 14 heteroatoms. The average molecular weight is 718 g/mol. The van der Waals surface area contributed by atoms with Gasteiger partial charge in [-0.1, -0.05) is 6.92 Å². The molecule has 1 saturated heterocycles. The Kier molecular flexibility index (Phi) is 10.2. The van der Waals surface area contributed by atoms with Gasteiger partial charge >= 0.3 is 250 Å². The fraction of sp³-hybridized carbons (Fsp3) is 0.265.